The maximum Gasteiger partial charge on any atom is 0.255 e. The topological polar surface area (TPSA) is 110 Å². The molecule has 214 valence electrons. The van der Waals surface area contributed by atoms with Crippen LogP contribution in [-0.2, 0) is 0 Å². The number of hydrogen-bond acceptors (Lipinski definition) is 7. The number of nitrogens with one attached hydrogen (secondary N) is 2. The third-order valence-corrected chi connectivity index (χ3v) is 6.89. The molecule has 4 heterocycles. The van der Waals surface area contributed by atoms with Gasteiger partial charge in [-0.05, 0) is 54.6 Å². The fraction of sp³-hybridized carbons (Fsp3) is 0. The number of nitrogens with zero attached hydrogens (tertiary/aromatic N) is 5. The van der Waals surface area contributed by atoms with E-state index in [1.807, 2.05) is 48.7 Å². The van der Waals surface area contributed by atoms with Crippen molar-refractivity contribution in [1.82, 2.24) is 24.6 Å². The third kappa shape index (κ3) is 5.13. The molecule has 1 amide bonds. The fourth-order valence-electron chi connectivity index (χ4n) is 4.86. The maximum atomic E-state index is 14.2. The van der Waals surface area contributed by atoms with Gasteiger partial charge in [-0.3, -0.25) is 4.79 Å². The number of oxazole rings is 1. The zero-order chi connectivity index (χ0) is 30.0. The number of aromatic nitrogens is 5. The van der Waals surface area contributed by atoms with E-state index in [2.05, 4.69) is 20.6 Å². The second-order valence-electron chi connectivity index (χ2n) is 9.72. The molecule has 0 aliphatic rings. The molecule has 7 rings (SSSR count). The van der Waals surface area contributed by atoms with Crippen LogP contribution in [-0.4, -0.2) is 30.5 Å². The molecule has 9 nitrogen and oxygen atoms in total. The number of carbonyl (C=O) groups is 1. The third-order valence-electron chi connectivity index (χ3n) is 6.89. The number of pyridine rings is 1. The van der Waals surface area contributed by atoms with Gasteiger partial charge >= 0.3 is 0 Å². The molecule has 0 bridgehead atoms. The number of carbonyl (C=O) groups excluding carboxylic acids is 1. The smallest absolute Gasteiger partial charge is 0.255 e. The van der Waals surface area contributed by atoms with Crippen LogP contribution in [0.2, 0.25) is 0 Å². The molecule has 2 N–H and O–H groups in total. The highest BCUT2D eigenvalue weighted by Crippen LogP contribution is 2.35. The molecule has 0 unspecified atom stereocenters. The van der Waals surface area contributed by atoms with Crippen molar-refractivity contribution in [2.75, 3.05) is 10.6 Å². The Morgan fingerprint density at radius 2 is 1.68 bits per heavy atom. The van der Waals surface area contributed by atoms with Gasteiger partial charge in [-0.2, -0.15) is 5.10 Å². The van der Waals surface area contributed by atoms with Gasteiger partial charge in [0.2, 0.25) is 5.95 Å². The lowest BCUT2D eigenvalue weighted by Crippen LogP contribution is -2.14. The Bertz CT molecular complexity index is 2120. The highest BCUT2D eigenvalue weighted by molar-refractivity contribution is 6.05. The van der Waals surface area contributed by atoms with Crippen molar-refractivity contribution >= 4 is 28.7 Å². The lowest BCUT2D eigenvalue weighted by Gasteiger charge is -2.10. The van der Waals surface area contributed by atoms with Crippen LogP contribution in [0, 0.1) is 11.6 Å². The van der Waals surface area contributed by atoms with E-state index >= 15 is 0 Å². The SMILES string of the molecule is O=C(Nc1c(F)cccc1F)c1cccc(-c2nn3ccccc3c2-c2ccnc(Nc3cccc(-c4cnco4)c3)n2)c1. The van der Waals surface area contributed by atoms with Crippen molar-refractivity contribution in [2.24, 2.45) is 0 Å². The molecule has 0 radical (unpaired) electrons. The Kier molecular flexibility index (Phi) is 6.79. The summed E-state index contributed by atoms with van der Waals surface area (Å²) in [5.41, 5.74) is 4.53. The minimum Gasteiger partial charge on any atom is -0.444 e. The number of amides is 1. The summed E-state index contributed by atoms with van der Waals surface area (Å²) in [5.74, 6) is -1.40. The first-order valence-electron chi connectivity index (χ1n) is 13.5. The average Bonchev–Trinajstić information content (AvgIpc) is 3.72. The van der Waals surface area contributed by atoms with E-state index < -0.39 is 23.2 Å². The van der Waals surface area contributed by atoms with Gasteiger partial charge in [0, 0.05) is 34.8 Å². The highest BCUT2D eigenvalue weighted by Gasteiger charge is 2.20. The molecule has 0 saturated heterocycles. The van der Waals surface area contributed by atoms with Gasteiger partial charge in [0.15, 0.2) is 12.2 Å². The van der Waals surface area contributed by atoms with Gasteiger partial charge in [0.05, 0.1) is 23.0 Å². The van der Waals surface area contributed by atoms with E-state index in [1.54, 1.807) is 47.2 Å². The summed E-state index contributed by atoms with van der Waals surface area (Å²) in [5, 5.41) is 10.4. The average molecular weight is 586 g/mol. The zero-order valence-corrected chi connectivity index (χ0v) is 22.8. The molecular weight excluding hydrogens is 564 g/mol. The number of hydrogen-bond donors (Lipinski definition) is 2. The molecule has 7 aromatic rings. The first kappa shape index (κ1) is 26.7. The summed E-state index contributed by atoms with van der Waals surface area (Å²) >= 11 is 0. The Balaban J connectivity index is 1.25. The number of fused-ring (bicyclic) bond motifs is 1. The monoisotopic (exact) mass is 585 g/mol. The zero-order valence-electron chi connectivity index (χ0n) is 22.8. The minimum absolute atomic E-state index is 0.199. The molecule has 0 atom stereocenters. The Hall–Kier alpha value is -6.23. The van der Waals surface area contributed by atoms with E-state index in [-0.39, 0.29) is 5.56 Å². The first-order chi connectivity index (χ1) is 21.5. The Morgan fingerprint density at radius 1 is 0.864 bits per heavy atom. The molecule has 4 aromatic heterocycles. The van der Waals surface area contributed by atoms with Crippen LogP contribution in [0.1, 0.15) is 10.4 Å². The minimum atomic E-state index is -0.866. The number of rotatable bonds is 7. The van der Waals surface area contributed by atoms with Gasteiger partial charge in [0.1, 0.15) is 23.0 Å². The molecule has 44 heavy (non-hydrogen) atoms. The van der Waals surface area contributed by atoms with Gasteiger partial charge in [-0.1, -0.05) is 36.4 Å². The van der Waals surface area contributed by atoms with Crippen molar-refractivity contribution in [3.05, 3.63) is 133 Å². The van der Waals surface area contributed by atoms with Crippen molar-refractivity contribution in [1.29, 1.82) is 0 Å². The molecule has 0 aliphatic heterocycles. The molecular formula is C33H21F2N7O2. The Labute approximate surface area is 248 Å². The second-order valence-corrected chi connectivity index (χ2v) is 9.72. The lowest BCUT2D eigenvalue weighted by atomic mass is 10.0. The van der Waals surface area contributed by atoms with Gasteiger partial charge in [-0.15, -0.1) is 0 Å². The largest absolute Gasteiger partial charge is 0.444 e. The van der Waals surface area contributed by atoms with Crippen LogP contribution in [0.15, 0.2) is 120 Å². The van der Waals surface area contributed by atoms with Crippen molar-refractivity contribution < 1.29 is 18.0 Å². The summed E-state index contributed by atoms with van der Waals surface area (Å²) in [6, 6.07) is 25.1. The molecule has 0 aliphatic carbocycles. The predicted molar refractivity (Wildman–Crippen MR) is 161 cm³/mol. The van der Waals surface area contributed by atoms with Crippen LogP contribution < -0.4 is 10.6 Å². The number of halogens is 2. The van der Waals surface area contributed by atoms with Crippen molar-refractivity contribution in [3.8, 4) is 33.8 Å². The summed E-state index contributed by atoms with van der Waals surface area (Å²) in [7, 11) is 0. The van der Waals surface area contributed by atoms with E-state index in [1.165, 1.54) is 12.5 Å². The normalized spacial score (nSPS) is 11.0. The van der Waals surface area contributed by atoms with Crippen molar-refractivity contribution in [2.45, 2.75) is 0 Å². The molecule has 0 fully saturated rings. The standard InChI is InChI=1S/C33H21F2N7O2/c34-24-10-5-11-25(35)31(24)40-32(43)22-8-3-7-21(16-22)30-29(27-12-1-2-15-42(27)41-30)26-13-14-37-33(39-26)38-23-9-4-6-20(17-23)28-18-36-19-44-28/h1-19H,(H,40,43)(H,37,38,39). The molecule has 3 aromatic carbocycles. The predicted octanol–water partition coefficient (Wildman–Crippen LogP) is 7.39. The van der Waals surface area contributed by atoms with E-state index in [0.29, 0.717) is 34.2 Å². The van der Waals surface area contributed by atoms with E-state index in [4.69, 9.17) is 14.5 Å². The van der Waals surface area contributed by atoms with Crippen LogP contribution in [0.5, 0.6) is 0 Å². The van der Waals surface area contributed by atoms with Gasteiger partial charge < -0.3 is 15.1 Å². The molecule has 0 spiro atoms. The Morgan fingerprint density at radius 3 is 2.52 bits per heavy atom. The number of anilines is 3. The second kappa shape index (κ2) is 11.2. The van der Waals surface area contributed by atoms with Crippen LogP contribution >= 0.6 is 0 Å². The maximum absolute atomic E-state index is 14.2. The van der Waals surface area contributed by atoms with Crippen LogP contribution in [0.4, 0.5) is 26.1 Å². The fourth-order valence-corrected chi connectivity index (χ4v) is 4.86. The van der Waals surface area contributed by atoms with Crippen molar-refractivity contribution in [3.63, 3.8) is 0 Å². The van der Waals surface area contributed by atoms with E-state index in [9.17, 15) is 13.6 Å². The number of para-hydroxylation sites is 1. The highest BCUT2D eigenvalue weighted by atomic mass is 19.1. The molecule has 11 heteroatoms. The van der Waals surface area contributed by atoms with Gasteiger partial charge in [-0.25, -0.2) is 28.2 Å². The lowest BCUT2D eigenvalue weighted by molar-refractivity contribution is 0.102. The quantitative estimate of drug-likeness (QED) is 0.201. The summed E-state index contributed by atoms with van der Waals surface area (Å²) in [6.07, 6.45) is 6.48. The summed E-state index contributed by atoms with van der Waals surface area (Å²) in [4.78, 5) is 26.2. The van der Waals surface area contributed by atoms with Crippen LogP contribution in [0.3, 0.4) is 0 Å². The van der Waals surface area contributed by atoms with Crippen LogP contribution in [0.25, 0.3) is 39.4 Å². The van der Waals surface area contributed by atoms with Gasteiger partial charge in [0.25, 0.3) is 5.91 Å². The number of benzene rings is 3. The summed E-state index contributed by atoms with van der Waals surface area (Å²) in [6.45, 7) is 0. The molecule has 0 saturated carbocycles. The summed E-state index contributed by atoms with van der Waals surface area (Å²) < 4.78 is 35.5. The van der Waals surface area contributed by atoms with E-state index in [0.717, 1.165) is 28.9 Å². The first-order valence-corrected chi connectivity index (χ1v) is 13.5.